The molecule has 0 bridgehead atoms. The number of nitrogens with two attached hydrogens (primary N) is 1. The van der Waals surface area contributed by atoms with Crippen LogP contribution in [-0.2, 0) is 9.59 Å². The van der Waals surface area contributed by atoms with Crippen LogP contribution in [0.25, 0.3) is 0 Å². The Kier molecular flexibility index (Phi) is 3.19. The molecular formula is C7H13NO3. The lowest BCUT2D eigenvalue weighted by atomic mass is 9.82. The van der Waals surface area contributed by atoms with Crippen molar-refractivity contribution in [2.24, 2.45) is 11.1 Å². The minimum Gasteiger partial charge on any atom is -0.480 e. The van der Waals surface area contributed by atoms with Gasteiger partial charge in [0.25, 0.3) is 0 Å². The highest BCUT2D eigenvalue weighted by Crippen LogP contribution is 2.21. The van der Waals surface area contributed by atoms with Gasteiger partial charge in [-0.15, -0.1) is 0 Å². The van der Waals surface area contributed by atoms with Crippen LogP contribution in [0.4, 0.5) is 0 Å². The molecule has 3 N–H and O–H groups in total. The summed E-state index contributed by atoms with van der Waals surface area (Å²) in [7, 11) is 0. The lowest BCUT2D eigenvalue weighted by molar-refractivity contribution is -0.143. The minimum absolute atomic E-state index is 0.434. The van der Waals surface area contributed by atoms with E-state index >= 15 is 0 Å². The van der Waals surface area contributed by atoms with Crippen molar-refractivity contribution in [1.29, 1.82) is 0 Å². The van der Waals surface area contributed by atoms with Crippen LogP contribution in [0.3, 0.4) is 0 Å². The number of hydrogen-bond donors (Lipinski definition) is 2. The van der Waals surface area contributed by atoms with E-state index in [0.717, 1.165) is 0 Å². The summed E-state index contributed by atoms with van der Waals surface area (Å²) in [6.07, 6.45) is 1.04. The SMILES string of the molecule is CC[C@@](C)(C=O)[C@H](N)C(=O)O. The molecule has 0 spiro atoms. The first-order chi connectivity index (χ1) is 4.98. The van der Waals surface area contributed by atoms with Gasteiger partial charge in [0.2, 0.25) is 0 Å². The number of carboxylic acids is 1. The Morgan fingerprint density at radius 1 is 1.82 bits per heavy atom. The molecule has 64 valence electrons. The van der Waals surface area contributed by atoms with Gasteiger partial charge in [-0.25, -0.2) is 0 Å². The third kappa shape index (κ3) is 2.01. The second-order valence-corrected chi connectivity index (χ2v) is 2.79. The van der Waals surface area contributed by atoms with E-state index < -0.39 is 17.4 Å². The molecule has 0 aromatic heterocycles. The standard InChI is InChI=1S/C7H13NO3/c1-3-7(2,4-9)5(8)6(10)11/h4-5H,3,8H2,1-2H3,(H,10,11)/t5-,7+/m1/s1. The number of carbonyl (C=O) groups is 2. The Labute approximate surface area is 65.4 Å². The van der Waals surface area contributed by atoms with E-state index in [1.165, 1.54) is 0 Å². The predicted molar refractivity (Wildman–Crippen MR) is 40.1 cm³/mol. The molecule has 0 unspecified atom stereocenters. The van der Waals surface area contributed by atoms with Crippen molar-refractivity contribution >= 4 is 12.3 Å². The molecule has 4 heteroatoms. The Hall–Kier alpha value is -0.900. The zero-order chi connectivity index (χ0) is 9.07. The monoisotopic (exact) mass is 159 g/mol. The molecule has 0 fully saturated rings. The molecule has 2 atom stereocenters. The van der Waals surface area contributed by atoms with Gasteiger partial charge in [0.05, 0.1) is 0 Å². The topological polar surface area (TPSA) is 80.4 Å². The molecule has 0 amide bonds. The fourth-order valence-corrected chi connectivity index (χ4v) is 0.659. The molecule has 0 aromatic rings. The van der Waals surface area contributed by atoms with Crippen molar-refractivity contribution in [2.45, 2.75) is 26.3 Å². The van der Waals surface area contributed by atoms with E-state index in [1.807, 2.05) is 0 Å². The van der Waals surface area contributed by atoms with Gasteiger partial charge in [-0.3, -0.25) is 4.79 Å². The van der Waals surface area contributed by atoms with Crippen molar-refractivity contribution < 1.29 is 14.7 Å². The van der Waals surface area contributed by atoms with Gasteiger partial charge in [-0.05, 0) is 6.42 Å². The molecule has 0 aliphatic rings. The molecule has 0 rings (SSSR count). The molecule has 0 aliphatic heterocycles. The first-order valence-corrected chi connectivity index (χ1v) is 3.42. The molecule has 0 heterocycles. The largest absolute Gasteiger partial charge is 0.480 e. The summed E-state index contributed by atoms with van der Waals surface area (Å²) < 4.78 is 0. The summed E-state index contributed by atoms with van der Waals surface area (Å²) in [5.41, 5.74) is 4.35. The van der Waals surface area contributed by atoms with Crippen LogP contribution in [0.2, 0.25) is 0 Å². The second kappa shape index (κ2) is 3.48. The van der Waals surface area contributed by atoms with Crippen LogP contribution in [0.15, 0.2) is 0 Å². The molecule has 0 radical (unpaired) electrons. The maximum absolute atomic E-state index is 10.5. The Balaban J connectivity index is 4.49. The van der Waals surface area contributed by atoms with Crippen LogP contribution < -0.4 is 5.73 Å². The molecule has 0 aromatic carbocycles. The summed E-state index contributed by atoms with van der Waals surface area (Å²) in [6, 6.07) is -1.11. The van der Waals surface area contributed by atoms with Crippen LogP contribution in [0, 0.1) is 5.41 Å². The summed E-state index contributed by atoms with van der Waals surface area (Å²) in [5.74, 6) is -1.14. The minimum atomic E-state index is -1.14. The highest BCUT2D eigenvalue weighted by atomic mass is 16.4. The second-order valence-electron chi connectivity index (χ2n) is 2.79. The predicted octanol–water partition coefficient (Wildman–Crippen LogP) is 0.0135. The zero-order valence-corrected chi connectivity index (χ0v) is 6.70. The first kappa shape index (κ1) is 10.1. The third-order valence-electron chi connectivity index (χ3n) is 2.01. The lowest BCUT2D eigenvalue weighted by Crippen LogP contribution is -2.46. The normalized spacial score (nSPS) is 18.5. The van der Waals surface area contributed by atoms with Gasteiger partial charge in [-0.1, -0.05) is 13.8 Å². The first-order valence-electron chi connectivity index (χ1n) is 3.42. The van der Waals surface area contributed by atoms with Crippen molar-refractivity contribution in [1.82, 2.24) is 0 Å². The summed E-state index contributed by atoms with van der Waals surface area (Å²) in [6.45, 7) is 3.27. The Bertz CT molecular complexity index is 169. The maximum Gasteiger partial charge on any atom is 0.321 e. The van der Waals surface area contributed by atoms with Crippen LogP contribution in [0.5, 0.6) is 0 Å². The van der Waals surface area contributed by atoms with E-state index in [1.54, 1.807) is 13.8 Å². The van der Waals surface area contributed by atoms with Crippen molar-refractivity contribution in [3.63, 3.8) is 0 Å². The van der Waals surface area contributed by atoms with Crippen molar-refractivity contribution in [3.05, 3.63) is 0 Å². The van der Waals surface area contributed by atoms with Crippen LogP contribution in [0.1, 0.15) is 20.3 Å². The highest BCUT2D eigenvalue weighted by Gasteiger charge is 2.34. The number of aldehydes is 1. The van der Waals surface area contributed by atoms with E-state index in [9.17, 15) is 9.59 Å². The number of hydrogen-bond acceptors (Lipinski definition) is 3. The number of carboxylic acid groups (broad SMARTS) is 1. The van der Waals surface area contributed by atoms with Crippen molar-refractivity contribution in [3.8, 4) is 0 Å². The summed E-state index contributed by atoms with van der Waals surface area (Å²) >= 11 is 0. The van der Waals surface area contributed by atoms with Crippen LogP contribution >= 0.6 is 0 Å². The number of carbonyl (C=O) groups excluding carboxylic acids is 1. The van der Waals surface area contributed by atoms with E-state index in [2.05, 4.69) is 0 Å². The fraction of sp³-hybridized carbons (Fsp3) is 0.714. The quantitative estimate of drug-likeness (QED) is 0.566. The average Bonchev–Trinajstić information content (AvgIpc) is 2.01. The number of rotatable bonds is 4. The van der Waals surface area contributed by atoms with Gasteiger partial charge >= 0.3 is 5.97 Å². The van der Waals surface area contributed by atoms with E-state index in [4.69, 9.17) is 10.8 Å². The van der Waals surface area contributed by atoms with Gasteiger partial charge in [-0.2, -0.15) is 0 Å². The Morgan fingerprint density at radius 2 is 2.27 bits per heavy atom. The third-order valence-corrected chi connectivity index (χ3v) is 2.01. The fourth-order valence-electron chi connectivity index (χ4n) is 0.659. The summed E-state index contributed by atoms with van der Waals surface area (Å²) in [5, 5.41) is 8.50. The van der Waals surface area contributed by atoms with E-state index in [0.29, 0.717) is 12.7 Å². The van der Waals surface area contributed by atoms with Gasteiger partial charge in [0, 0.05) is 5.41 Å². The Morgan fingerprint density at radius 3 is 2.36 bits per heavy atom. The highest BCUT2D eigenvalue weighted by molar-refractivity contribution is 5.80. The van der Waals surface area contributed by atoms with Gasteiger partial charge in [0.15, 0.2) is 0 Å². The van der Waals surface area contributed by atoms with Gasteiger partial charge in [0.1, 0.15) is 12.3 Å². The zero-order valence-electron chi connectivity index (χ0n) is 6.70. The maximum atomic E-state index is 10.5. The average molecular weight is 159 g/mol. The molecule has 4 nitrogen and oxygen atoms in total. The number of aliphatic carboxylic acids is 1. The molecule has 0 aliphatic carbocycles. The van der Waals surface area contributed by atoms with Gasteiger partial charge < -0.3 is 15.6 Å². The smallest absolute Gasteiger partial charge is 0.321 e. The molecule has 0 saturated heterocycles. The lowest BCUT2D eigenvalue weighted by Gasteiger charge is -2.24. The molecule has 11 heavy (non-hydrogen) atoms. The van der Waals surface area contributed by atoms with Crippen molar-refractivity contribution in [2.75, 3.05) is 0 Å². The molecule has 0 saturated carbocycles. The molecular weight excluding hydrogens is 146 g/mol. The van der Waals surface area contributed by atoms with Crippen LogP contribution in [-0.4, -0.2) is 23.4 Å². The van der Waals surface area contributed by atoms with E-state index in [-0.39, 0.29) is 0 Å². The summed E-state index contributed by atoms with van der Waals surface area (Å²) in [4.78, 5) is 20.8.